The number of carbonyl (C=O) groups is 1. The van der Waals surface area contributed by atoms with Gasteiger partial charge in [-0.2, -0.15) is 0 Å². The van der Waals surface area contributed by atoms with E-state index in [4.69, 9.17) is 4.74 Å². The number of thiophene rings is 1. The highest BCUT2D eigenvalue weighted by atomic mass is 32.2. The Hall–Kier alpha value is -2.64. The van der Waals surface area contributed by atoms with E-state index in [0.717, 1.165) is 16.9 Å². The number of methoxy groups -OCH3 is 1. The molecule has 0 aliphatic carbocycles. The number of ether oxygens (including phenoxy) is 1. The summed E-state index contributed by atoms with van der Waals surface area (Å²) in [5, 5.41) is 2.74. The van der Waals surface area contributed by atoms with E-state index in [1.54, 1.807) is 48.5 Å². The predicted molar refractivity (Wildman–Crippen MR) is 102 cm³/mol. The SMILES string of the molecule is COc1ccccc1NC(=O)c1ccc(S(=O)(=O)c2ccc(C)cc2)s1. The van der Waals surface area contributed by atoms with Crippen molar-refractivity contribution in [1.82, 2.24) is 0 Å². The van der Waals surface area contributed by atoms with E-state index in [1.807, 2.05) is 6.92 Å². The molecule has 1 amide bonds. The van der Waals surface area contributed by atoms with Gasteiger partial charge in [0.25, 0.3) is 5.91 Å². The van der Waals surface area contributed by atoms with Crippen LogP contribution >= 0.6 is 11.3 Å². The van der Waals surface area contributed by atoms with E-state index in [-0.39, 0.29) is 15.0 Å². The highest BCUT2D eigenvalue weighted by molar-refractivity contribution is 7.93. The molecule has 1 aromatic heterocycles. The van der Waals surface area contributed by atoms with Crippen molar-refractivity contribution in [3.05, 3.63) is 71.1 Å². The number of para-hydroxylation sites is 2. The minimum absolute atomic E-state index is 0.131. The number of rotatable bonds is 5. The molecule has 0 saturated heterocycles. The van der Waals surface area contributed by atoms with Crippen LogP contribution in [0.4, 0.5) is 5.69 Å². The Labute approximate surface area is 156 Å². The molecule has 1 N–H and O–H groups in total. The van der Waals surface area contributed by atoms with Crippen LogP contribution in [0, 0.1) is 6.92 Å². The van der Waals surface area contributed by atoms with Crippen LogP contribution in [-0.2, 0) is 9.84 Å². The Balaban J connectivity index is 1.85. The van der Waals surface area contributed by atoms with Gasteiger partial charge in [0.1, 0.15) is 9.96 Å². The third kappa shape index (κ3) is 3.63. The van der Waals surface area contributed by atoms with Gasteiger partial charge >= 0.3 is 0 Å². The van der Waals surface area contributed by atoms with Gasteiger partial charge in [0, 0.05) is 0 Å². The number of aryl methyl sites for hydroxylation is 1. The molecule has 134 valence electrons. The largest absolute Gasteiger partial charge is 0.495 e. The molecule has 0 aliphatic rings. The van der Waals surface area contributed by atoms with Gasteiger partial charge in [-0.15, -0.1) is 11.3 Å². The van der Waals surface area contributed by atoms with Crippen LogP contribution in [0.25, 0.3) is 0 Å². The normalized spacial score (nSPS) is 11.2. The highest BCUT2D eigenvalue weighted by Gasteiger charge is 2.22. The lowest BCUT2D eigenvalue weighted by molar-refractivity contribution is 0.103. The molecule has 0 spiro atoms. The number of sulfone groups is 1. The molecule has 0 bridgehead atoms. The maximum Gasteiger partial charge on any atom is 0.265 e. The average molecular weight is 387 g/mol. The van der Waals surface area contributed by atoms with Gasteiger partial charge < -0.3 is 10.1 Å². The molecular formula is C19H17NO4S2. The van der Waals surface area contributed by atoms with Crippen LogP contribution in [0.1, 0.15) is 15.2 Å². The molecule has 0 radical (unpaired) electrons. The first kappa shape index (κ1) is 18.2. The number of hydrogen-bond donors (Lipinski definition) is 1. The molecule has 0 fully saturated rings. The average Bonchev–Trinajstić information content (AvgIpc) is 3.14. The monoisotopic (exact) mass is 387 g/mol. The first-order valence-electron chi connectivity index (χ1n) is 7.78. The zero-order chi connectivity index (χ0) is 18.7. The second kappa shape index (κ2) is 7.31. The standard InChI is InChI=1S/C19H17NO4S2/c1-13-7-9-14(10-8-13)26(22,23)18-12-11-17(25-18)19(21)20-15-5-3-4-6-16(15)24-2/h3-12H,1-2H3,(H,20,21). The molecule has 0 unspecified atom stereocenters. The lowest BCUT2D eigenvalue weighted by Crippen LogP contribution is -2.10. The number of carbonyl (C=O) groups excluding carboxylic acids is 1. The smallest absolute Gasteiger partial charge is 0.265 e. The van der Waals surface area contributed by atoms with Crippen molar-refractivity contribution in [3.63, 3.8) is 0 Å². The summed E-state index contributed by atoms with van der Waals surface area (Å²) in [6.45, 7) is 1.89. The third-order valence-electron chi connectivity index (χ3n) is 3.76. The van der Waals surface area contributed by atoms with E-state index in [0.29, 0.717) is 16.3 Å². The summed E-state index contributed by atoms with van der Waals surface area (Å²) in [5.74, 6) is 0.148. The van der Waals surface area contributed by atoms with Crippen LogP contribution in [0.3, 0.4) is 0 Å². The van der Waals surface area contributed by atoms with Crippen LogP contribution in [0.2, 0.25) is 0 Å². The van der Waals surface area contributed by atoms with Crippen molar-refractivity contribution >= 4 is 32.8 Å². The molecule has 26 heavy (non-hydrogen) atoms. The predicted octanol–water partition coefficient (Wildman–Crippen LogP) is 4.15. The Morgan fingerprint density at radius 2 is 1.69 bits per heavy atom. The van der Waals surface area contributed by atoms with Crippen molar-refractivity contribution in [1.29, 1.82) is 0 Å². The number of amides is 1. The second-order valence-corrected chi connectivity index (χ2v) is 8.85. The molecule has 1 heterocycles. The minimum Gasteiger partial charge on any atom is -0.495 e. The molecule has 7 heteroatoms. The molecule has 0 aliphatic heterocycles. The fourth-order valence-corrected chi connectivity index (χ4v) is 4.96. The first-order chi connectivity index (χ1) is 12.4. The summed E-state index contributed by atoms with van der Waals surface area (Å²) in [5.41, 5.74) is 1.50. The van der Waals surface area contributed by atoms with Gasteiger partial charge in [0.05, 0.1) is 22.6 Å². The summed E-state index contributed by atoms with van der Waals surface area (Å²) < 4.78 is 30.7. The molecule has 0 saturated carbocycles. The number of anilines is 1. The van der Waals surface area contributed by atoms with Gasteiger partial charge in [0.15, 0.2) is 0 Å². The molecule has 3 rings (SSSR count). The number of hydrogen-bond acceptors (Lipinski definition) is 5. The third-order valence-corrected chi connectivity index (χ3v) is 7.10. The van der Waals surface area contributed by atoms with Gasteiger partial charge in [-0.3, -0.25) is 4.79 Å². The second-order valence-electron chi connectivity index (χ2n) is 5.59. The fraction of sp³-hybridized carbons (Fsp3) is 0.105. The van der Waals surface area contributed by atoms with Crippen molar-refractivity contribution in [2.24, 2.45) is 0 Å². The summed E-state index contributed by atoms with van der Waals surface area (Å²) >= 11 is 0.939. The number of benzene rings is 2. The van der Waals surface area contributed by atoms with E-state index < -0.39 is 9.84 Å². The summed E-state index contributed by atoms with van der Waals surface area (Å²) in [4.78, 5) is 13.0. The Kier molecular flexibility index (Phi) is 5.11. The Morgan fingerprint density at radius 1 is 1.00 bits per heavy atom. The minimum atomic E-state index is -3.64. The van der Waals surface area contributed by atoms with E-state index in [9.17, 15) is 13.2 Å². The van der Waals surface area contributed by atoms with Crippen LogP contribution in [-0.4, -0.2) is 21.4 Å². The lowest BCUT2D eigenvalue weighted by atomic mass is 10.2. The zero-order valence-corrected chi connectivity index (χ0v) is 15.9. The topological polar surface area (TPSA) is 72.5 Å². The van der Waals surface area contributed by atoms with Gasteiger partial charge in [-0.25, -0.2) is 8.42 Å². The lowest BCUT2D eigenvalue weighted by Gasteiger charge is -2.08. The quantitative estimate of drug-likeness (QED) is 0.714. The van der Waals surface area contributed by atoms with E-state index >= 15 is 0 Å². The fourth-order valence-electron chi connectivity index (χ4n) is 2.35. The zero-order valence-electron chi connectivity index (χ0n) is 14.2. The molecule has 5 nitrogen and oxygen atoms in total. The maximum absolute atomic E-state index is 12.7. The maximum atomic E-state index is 12.7. The molecule has 2 aromatic carbocycles. The highest BCUT2D eigenvalue weighted by Crippen LogP contribution is 2.29. The van der Waals surface area contributed by atoms with Crippen LogP contribution in [0.5, 0.6) is 5.75 Å². The van der Waals surface area contributed by atoms with Crippen LogP contribution < -0.4 is 10.1 Å². The summed E-state index contributed by atoms with van der Waals surface area (Å²) in [6, 6.07) is 16.6. The van der Waals surface area contributed by atoms with Crippen LogP contribution in [0.15, 0.2) is 69.8 Å². The number of nitrogens with one attached hydrogen (secondary N) is 1. The Morgan fingerprint density at radius 3 is 2.38 bits per heavy atom. The Bertz CT molecular complexity index is 1040. The summed E-state index contributed by atoms with van der Waals surface area (Å²) in [7, 11) is -2.12. The molecule has 3 aromatic rings. The van der Waals surface area contributed by atoms with E-state index in [1.165, 1.54) is 19.2 Å². The summed E-state index contributed by atoms with van der Waals surface area (Å²) in [6.07, 6.45) is 0. The molecule has 0 atom stereocenters. The van der Waals surface area contributed by atoms with Gasteiger partial charge in [-0.05, 0) is 43.3 Å². The van der Waals surface area contributed by atoms with Crippen molar-refractivity contribution in [2.75, 3.05) is 12.4 Å². The van der Waals surface area contributed by atoms with Crippen molar-refractivity contribution in [3.8, 4) is 5.75 Å². The van der Waals surface area contributed by atoms with Gasteiger partial charge in [0.2, 0.25) is 9.84 Å². The van der Waals surface area contributed by atoms with Crippen molar-refractivity contribution in [2.45, 2.75) is 16.0 Å². The first-order valence-corrected chi connectivity index (χ1v) is 10.1. The van der Waals surface area contributed by atoms with Crippen molar-refractivity contribution < 1.29 is 17.9 Å². The van der Waals surface area contributed by atoms with Gasteiger partial charge in [-0.1, -0.05) is 29.8 Å². The van der Waals surface area contributed by atoms with E-state index in [2.05, 4.69) is 5.32 Å². The molecular weight excluding hydrogens is 370 g/mol.